The van der Waals surface area contributed by atoms with Crippen LogP contribution in [0.1, 0.15) is 34.6 Å². The van der Waals surface area contributed by atoms with Crippen LogP contribution >= 0.6 is 11.3 Å². The van der Waals surface area contributed by atoms with Crippen LogP contribution in [0.25, 0.3) is 5.69 Å². The van der Waals surface area contributed by atoms with E-state index in [4.69, 9.17) is 0 Å². The molecule has 4 N–H and O–H groups in total. The highest BCUT2D eigenvalue weighted by Crippen LogP contribution is 2.28. The number of aromatic amines is 2. The van der Waals surface area contributed by atoms with Gasteiger partial charge in [-0.25, -0.2) is 4.68 Å². The zero-order valence-corrected chi connectivity index (χ0v) is 20.8. The van der Waals surface area contributed by atoms with Crippen LogP contribution in [0.4, 0.5) is 17.1 Å². The second-order valence-corrected chi connectivity index (χ2v) is 9.20. The highest BCUT2D eigenvalue weighted by atomic mass is 32.1. The maximum atomic E-state index is 13.6. The summed E-state index contributed by atoms with van der Waals surface area (Å²) >= 11 is 1.53. The van der Waals surface area contributed by atoms with Gasteiger partial charge in [0.15, 0.2) is 0 Å². The molecule has 36 heavy (non-hydrogen) atoms. The first-order valence-corrected chi connectivity index (χ1v) is 12.1. The van der Waals surface area contributed by atoms with E-state index in [1.165, 1.54) is 42.7 Å². The van der Waals surface area contributed by atoms with Gasteiger partial charge >= 0.3 is 0 Å². The lowest BCUT2D eigenvalue weighted by Gasteiger charge is -2.20. The van der Waals surface area contributed by atoms with Crippen molar-refractivity contribution in [3.63, 3.8) is 0 Å². The zero-order valence-electron chi connectivity index (χ0n) is 20.0. The topological polar surface area (TPSA) is 132 Å². The van der Waals surface area contributed by atoms with E-state index in [0.29, 0.717) is 12.1 Å². The molecule has 186 valence electrons. The van der Waals surface area contributed by atoms with Crippen molar-refractivity contribution in [2.75, 3.05) is 24.7 Å². The molecule has 0 aliphatic rings. The molecule has 3 aromatic heterocycles. The molecule has 1 aromatic carbocycles. The van der Waals surface area contributed by atoms with Gasteiger partial charge in [-0.05, 0) is 30.0 Å². The standard InChI is InChI=1S/C25H26N6O4S/c1-4-17(19-11-8-12-36-19)27-20-21(25(35)31(29-23(20)33)15-9-6-5-7-10-15)28-18-14-26-13-16(22(18)32)24(34)30(2)3/h5-14,17,27-28H,4H2,1-3H3,(H,26,32)(H,29,33)/t17-/m1/s1. The summed E-state index contributed by atoms with van der Waals surface area (Å²) in [7, 11) is 3.07. The highest BCUT2D eigenvalue weighted by molar-refractivity contribution is 7.10. The molecule has 4 aromatic rings. The van der Waals surface area contributed by atoms with Crippen molar-refractivity contribution >= 4 is 34.3 Å². The van der Waals surface area contributed by atoms with Gasteiger partial charge < -0.3 is 20.5 Å². The van der Waals surface area contributed by atoms with E-state index in [2.05, 4.69) is 20.7 Å². The highest BCUT2D eigenvalue weighted by Gasteiger charge is 2.22. The monoisotopic (exact) mass is 506 g/mol. The number of hydrogen-bond donors (Lipinski definition) is 4. The molecule has 1 amide bonds. The maximum absolute atomic E-state index is 13.6. The van der Waals surface area contributed by atoms with Crippen molar-refractivity contribution in [1.29, 1.82) is 0 Å². The van der Waals surface area contributed by atoms with Crippen LogP contribution in [0.5, 0.6) is 0 Å². The van der Waals surface area contributed by atoms with Gasteiger partial charge in [0.25, 0.3) is 17.0 Å². The van der Waals surface area contributed by atoms with Crippen LogP contribution in [0.15, 0.2) is 74.6 Å². The molecule has 0 saturated heterocycles. The molecule has 10 nitrogen and oxygen atoms in total. The fourth-order valence-electron chi connectivity index (χ4n) is 3.70. The SMILES string of the molecule is CC[C@@H](Nc1c(Nc2c[nH]cc(C(=O)N(C)C)c2=O)c(=O)n(-c2ccccc2)[nH]c1=O)c1cccs1. The summed E-state index contributed by atoms with van der Waals surface area (Å²) in [6.07, 6.45) is 3.30. The number of para-hydroxylation sites is 1. The Labute approximate surface area is 210 Å². The summed E-state index contributed by atoms with van der Waals surface area (Å²) in [6.45, 7) is 1.96. The van der Waals surface area contributed by atoms with Crippen molar-refractivity contribution in [3.8, 4) is 5.69 Å². The van der Waals surface area contributed by atoms with E-state index < -0.39 is 22.5 Å². The molecule has 0 fully saturated rings. The van der Waals surface area contributed by atoms with Crippen molar-refractivity contribution < 1.29 is 4.79 Å². The number of rotatable bonds is 8. The fraction of sp³-hybridized carbons (Fsp3) is 0.200. The van der Waals surface area contributed by atoms with E-state index in [9.17, 15) is 19.2 Å². The van der Waals surface area contributed by atoms with Crippen molar-refractivity contribution in [2.24, 2.45) is 0 Å². The number of aromatic nitrogens is 3. The van der Waals surface area contributed by atoms with Crippen LogP contribution in [0, 0.1) is 0 Å². The van der Waals surface area contributed by atoms with Crippen molar-refractivity contribution in [3.05, 3.63) is 102 Å². The van der Waals surface area contributed by atoms with E-state index in [1.807, 2.05) is 24.4 Å². The average molecular weight is 507 g/mol. The summed E-state index contributed by atoms with van der Waals surface area (Å²) < 4.78 is 1.12. The summed E-state index contributed by atoms with van der Waals surface area (Å²) in [5.41, 5.74) is -1.54. The molecule has 11 heteroatoms. The third-order valence-corrected chi connectivity index (χ3v) is 6.56. The number of carbonyl (C=O) groups is 1. The Morgan fingerprint density at radius 2 is 1.81 bits per heavy atom. The van der Waals surface area contributed by atoms with Crippen LogP contribution in [-0.4, -0.2) is 39.7 Å². The van der Waals surface area contributed by atoms with Crippen LogP contribution in [0.2, 0.25) is 0 Å². The first-order valence-electron chi connectivity index (χ1n) is 11.3. The molecular formula is C25H26N6O4S. The second kappa shape index (κ2) is 10.5. The molecule has 3 heterocycles. The van der Waals surface area contributed by atoms with Gasteiger partial charge in [0, 0.05) is 31.4 Å². The molecule has 0 spiro atoms. The minimum Gasteiger partial charge on any atom is -0.371 e. The molecule has 0 radical (unpaired) electrons. The van der Waals surface area contributed by atoms with Gasteiger partial charge in [-0.1, -0.05) is 31.2 Å². The van der Waals surface area contributed by atoms with Gasteiger partial charge in [-0.2, -0.15) is 0 Å². The molecule has 0 unspecified atom stereocenters. The largest absolute Gasteiger partial charge is 0.371 e. The number of benzene rings is 1. The summed E-state index contributed by atoms with van der Waals surface area (Å²) in [4.78, 5) is 57.5. The van der Waals surface area contributed by atoms with Gasteiger partial charge in [-0.15, -0.1) is 11.3 Å². The number of H-pyrrole nitrogens is 2. The fourth-order valence-corrected chi connectivity index (χ4v) is 4.56. The second-order valence-electron chi connectivity index (χ2n) is 8.22. The smallest absolute Gasteiger partial charge is 0.295 e. The summed E-state index contributed by atoms with van der Waals surface area (Å²) in [6, 6.07) is 12.2. The zero-order chi connectivity index (χ0) is 25.8. The lowest BCUT2D eigenvalue weighted by Crippen LogP contribution is -2.34. The minimum absolute atomic E-state index is 0.00355. The van der Waals surface area contributed by atoms with Gasteiger partial charge in [-0.3, -0.25) is 24.3 Å². The Morgan fingerprint density at radius 1 is 1.06 bits per heavy atom. The number of hydrogen-bond acceptors (Lipinski definition) is 7. The summed E-state index contributed by atoms with van der Waals surface area (Å²) in [5, 5.41) is 10.6. The first-order chi connectivity index (χ1) is 17.3. The predicted octanol–water partition coefficient (Wildman–Crippen LogP) is 3.28. The quantitative estimate of drug-likeness (QED) is 0.290. The first kappa shape index (κ1) is 24.7. The molecule has 1 atom stereocenters. The number of nitrogens with one attached hydrogen (secondary N) is 4. The van der Waals surface area contributed by atoms with E-state index in [1.54, 1.807) is 30.3 Å². The third kappa shape index (κ3) is 4.86. The molecule has 0 bridgehead atoms. The maximum Gasteiger partial charge on any atom is 0.295 e. The molecule has 0 aliphatic carbocycles. The molecule has 0 aliphatic heterocycles. The average Bonchev–Trinajstić information content (AvgIpc) is 3.41. The van der Waals surface area contributed by atoms with Gasteiger partial charge in [0.05, 0.1) is 11.7 Å². The molecular weight excluding hydrogens is 480 g/mol. The number of anilines is 3. The number of nitrogens with zero attached hydrogens (tertiary/aromatic N) is 2. The Bertz CT molecular complexity index is 1540. The number of amides is 1. The number of carbonyl (C=O) groups excluding carboxylic acids is 1. The van der Waals surface area contributed by atoms with E-state index >= 15 is 0 Å². The van der Waals surface area contributed by atoms with E-state index in [0.717, 1.165) is 9.56 Å². The number of thiophene rings is 1. The Hall–Kier alpha value is -4.38. The minimum atomic E-state index is -0.602. The normalized spacial score (nSPS) is 11.6. The summed E-state index contributed by atoms with van der Waals surface area (Å²) in [5.74, 6) is -0.491. The lowest BCUT2D eigenvalue weighted by molar-refractivity contribution is 0.0826. The van der Waals surface area contributed by atoms with Gasteiger partial charge in [0.2, 0.25) is 5.43 Å². The molecule has 0 saturated carbocycles. The van der Waals surface area contributed by atoms with Crippen LogP contribution < -0.4 is 27.2 Å². The Morgan fingerprint density at radius 3 is 2.44 bits per heavy atom. The van der Waals surface area contributed by atoms with Crippen molar-refractivity contribution in [1.82, 2.24) is 19.7 Å². The van der Waals surface area contributed by atoms with Crippen molar-refractivity contribution in [2.45, 2.75) is 19.4 Å². The Kier molecular flexibility index (Phi) is 7.20. The Balaban J connectivity index is 1.88. The third-order valence-electron chi connectivity index (χ3n) is 5.58. The van der Waals surface area contributed by atoms with Gasteiger partial charge in [0.1, 0.15) is 22.6 Å². The number of pyridine rings is 1. The molecule has 4 rings (SSSR count). The predicted molar refractivity (Wildman–Crippen MR) is 142 cm³/mol. The van der Waals surface area contributed by atoms with Crippen LogP contribution in [0.3, 0.4) is 0 Å². The van der Waals surface area contributed by atoms with Crippen LogP contribution in [-0.2, 0) is 0 Å². The lowest BCUT2D eigenvalue weighted by atomic mass is 10.1. The van der Waals surface area contributed by atoms with E-state index in [-0.39, 0.29) is 28.7 Å².